The molecule has 3 N–H and O–H groups in total. The van der Waals surface area contributed by atoms with Crippen LogP contribution in [0.2, 0.25) is 0 Å². The molecule has 1 rings (SSSR count). The standard InChI is InChI=1S/C16H24N2O3/c1-12(2)7-14(10-19)18-9-15(20)11-21-16-5-3-13(8-17)4-6-16/h3-6,12,14-15,18-20H,7,9-11H2,1-2H3. The van der Waals surface area contributed by atoms with E-state index in [0.29, 0.717) is 23.8 Å². The number of nitrogens with one attached hydrogen (secondary N) is 1. The van der Waals surface area contributed by atoms with Gasteiger partial charge in [-0.1, -0.05) is 13.8 Å². The second-order valence-corrected chi connectivity index (χ2v) is 5.52. The van der Waals surface area contributed by atoms with Crippen LogP contribution in [0.1, 0.15) is 25.8 Å². The van der Waals surface area contributed by atoms with E-state index in [1.54, 1.807) is 24.3 Å². The van der Waals surface area contributed by atoms with Crippen LogP contribution in [0.4, 0.5) is 0 Å². The molecule has 0 spiro atoms. The summed E-state index contributed by atoms with van der Waals surface area (Å²) in [6, 6.07) is 8.78. The fourth-order valence-corrected chi connectivity index (χ4v) is 1.97. The van der Waals surface area contributed by atoms with Crippen LogP contribution < -0.4 is 10.1 Å². The van der Waals surface area contributed by atoms with Gasteiger partial charge in [0.15, 0.2) is 0 Å². The van der Waals surface area contributed by atoms with Crippen LogP contribution in [0.5, 0.6) is 5.75 Å². The van der Waals surface area contributed by atoms with E-state index in [0.717, 1.165) is 6.42 Å². The Morgan fingerprint density at radius 1 is 1.29 bits per heavy atom. The van der Waals surface area contributed by atoms with Crippen molar-refractivity contribution in [1.29, 1.82) is 5.26 Å². The van der Waals surface area contributed by atoms with Gasteiger partial charge in [0, 0.05) is 12.6 Å². The summed E-state index contributed by atoms with van der Waals surface area (Å²) < 4.78 is 5.45. The molecule has 0 amide bonds. The number of aliphatic hydroxyl groups is 2. The van der Waals surface area contributed by atoms with Crippen molar-refractivity contribution < 1.29 is 14.9 Å². The molecule has 0 radical (unpaired) electrons. The summed E-state index contributed by atoms with van der Waals surface area (Å²) in [5.41, 5.74) is 0.573. The summed E-state index contributed by atoms with van der Waals surface area (Å²) in [5, 5.41) is 30.9. The molecule has 5 nitrogen and oxygen atoms in total. The van der Waals surface area contributed by atoms with Crippen LogP contribution in [0, 0.1) is 17.2 Å². The van der Waals surface area contributed by atoms with Crippen molar-refractivity contribution in [3.63, 3.8) is 0 Å². The lowest BCUT2D eigenvalue weighted by atomic mass is 10.0. The van der Waals surface area contributed by atoms with Crippen LogP contribution in [-0.4, -0.2) is 42.1 Å². The van der Waals surface area contributed by atoms with Gasteiger partial charge in [-0.2, -0.15) is 5.26 Å². The number of aliphatic hydroxyl groups excluding tert-OH is 2. The third-order valence-corrected chi connectivity index (χ3v) is 3.04. The van der Waals surface area contributed by atoms with E-state index < -0.39 is 6.10 Å². The fourth-order valence-electron chi connectivity index (χ4n) is 1.97. The van der Waals surface area contributed by atoms with Crippen LogP contribution in [0.15, 0.2) is 24.3 Å². The second kappa shape index (κ2) is 9.35. The summed E-state index contributed by atoms with van der Waals surface area (Å²) in [6.45, 7) is 4.78. The maximum Gasteiger partial charge on any atom is 0.119 e. The topological polar surface area (TPSA) is 85.5 Å². The molecule has 2 atom stereocenters. The lowest BCUT2D eigenvalue weighted by Crippen LogP contribution is -2.40. The van der Waals surface area contributed by atoms with Crippen LogP contribution >= 0.6 is 0 Å². The number of hydrogen-bond donors (Lipinski definition) is 3. The van der Waals surface area contributed by atoms with Gasteiger partial charge in [0.2, 0.25) is 0 Å². The third kappa shape index (κ3) is 7.09. The van der Waals surface area contributed by atoms with Gasteiger partial charge >= 0.3 is 0 Å². The first-order valence-corrected chi connectivity index (χ1v) is 7.20. The average Bonchev–Trinajstić information content (AvgIpc) is 2.49. The van der Waals surface area contributed by atoms with E-state index in [1.807, 2.05) is 6.07 Å². The Morgan fingerprint density at radius 3 is 2.48 bits per heavy atom. The van der Waals surface area contributed by atoms with Gasteiger partial charge in [-0.3, -0.25) is 0 Å². The number of hydrogen-bond acceptors (Lipinski definition) is 5. The minimum atomic E-state index is -0.651. The normalized spacial score (nSPS) is 13.7. The molecule has 0 saturated carbocycles. The summed E-state index contributed by atoms with van der Waals surface area (Å²) in [6.07, 6.45) is 0.210. The highest BCUT2D eigenvalue weighted by Crippen LogP contribution is 2.11. The average molecular weight is 292 g/mol. The van der Waals surface area contributed by atoms with Crippen molar-refractivity contribution in [3.05, 3.63) is 29.8 Å². The monoisotopic (exact) mass is 292 g/mol. The number of nitrogens with zero attached hydrogens (tertiary/aromatic N) is 1. The van der Waals surface area contributed by atoms with Gasteiger partial charge in [0.25, 0.3) is 0 Å². The van der Waals surface area contributed by atoms with Gasteiger partial charge in [-0.15, -0.1) is 0 Å². The van der Waals surface area contributed by atoms with E-state index in [-0.39, 0.29) is 19.3 Å². The fraction of sp³-hybridized carbons (Fsp3) is 0.562. The zero-order chi connectivity index (χ0) is 15.7. The second-order valence-electron chi connectivity index (χ2n) is 5.52. The Balaban J connectivity index is 2.29. The van der Waals surface area contributed by atoms with E-state index in [1.165, 1.54) is 0 Å². The molecule has 0 aliphatic heterocycles. The van der Waals surface area contributed by atoms with Crippen molar-refractivity contribution >= 4 is 0 Å². The minimum Gasteiger partial charge on any atom is -0.491 e. The van der Waals surface area contributed by atoms with Gasteiger partial charge < -0.3 is 20.3 Å². The molecule has 0 saturated heterocycles. The molecule has 0 aromatic heterocycles. The van der Waals surface area contributed by atoms with Crippen molar-refractivity contribution in [3.8, 4) is 11.8 Å². The lowest BCUT2D eigenvalue weighted by molar-refractivity contribution is 0.0981. The highest BCUT2D eigenvalue weighted by molar-refractivity contribution is 5.34. The molecule has 2 unspecified atom stereocenters. The highest BCUT2D eigenvalue weighted by atomic mass is 16.5. The van der Waals surface area contributed by atoms with Crippen molar-refractivity contribution in [2.45, 2.75) is 32.4 Å². The third-order valence-electron chi connectivity index (χ3n) is 3.04. The molecule has 1 aromatic rings. The smallest absolute Gasteiger partial charge is 0.119 e. The maximum atomic E-state index is 9.87. The van der Waals surface area contributed by atoms with Crippen molar-refractivity contribution in [2.24, 2.45) is 5.92 Å². The molecule has 0 fully saturated rings. The predicted molar refractivity (Wildman–Crippen MR) is 81.0 cm³/mol. The highest BCUT2D eigenvalue weighted by Gasteiger charge is 2.12. The summed E-state index contributed by atoms with van der Waals surface area (Å²) in [7, 11) is 0. The molecule has 0 aliphatic rings. The number of benzene rings is 1. The molecule has 21 heavy (non-hydrogen) atoms. The molecular formula is C16H24N2O3. The number of rotatable bonds is 9. The van der Waals surface area contributed by atoms with Gasteiger partial charge in [0.05, 0.1) is 18.2 Å². The van der Waals surface area contributed by atoms with Gasteiger partial charge in [-0.05, 0) is 36.6 Å². The predicted octanol–water partition coefficient (Wildman–Crippen LogP) is 1.29. The van der Waals surface area contributed by atoms with Crippen LogP contribution in [0.3, 0.4) is 0 Å². The Labute approximate surface area is 126 Å². The number of ether oxygens (including phenoxy) is 1. The van der Waals surface area contributed by atoms with Gasteiger partial charge in [0.1, 0.15) is 18.5 Å². The first-order valence-electron chi connectivity index (χ1n) is 7.20. The lowest BCUT2D eigenvalue weighted by Gasteiger charge is -2.20. The molecule has 5 heteroatoms. The van der Waals surface area contributed by atoms with Crippen LogP contribution in [0.25, 0.3) is 0 Å². The van der Waals surface area contributed by atoms with E-state index in [9.17, 15) is 10.2 Å². The van der Waals surface area contributed by atoms with Gasteiger partial charge in [-0.25, -0.2) is 0 Å². The molecule has 0 bridgehead atoms. The quantitative estimate of drug-likeness (QED) is 0.638. The molecular weight excluding hydrogens is 268 g/mol. The maximum absolute atomic E-state index is 9.87. The van der Waals surface area contributed by atoms with Crippen molar-refractivity contribution in [1.82, 2.24) is 5.32 Å². The summed E-state index contributed by atoms with van der Waals surface area (Å²) in [4.78, 5) is 0. The Bertz CT molecular complexity index is 440. The van der Waals surface area contributed by atoms with Crippen molar-refractivity contribution in [2.75, 3.05) is 19.8 Å². The van der Waals surface area contributed by atoms with E-state index in [2.05, 4.69) is 19.2 Å². The minimum absolute atomic E-state index is 0.00504. The molecule has 1 aromatic carbocycles. The zero-order valence-corrected chi connectivity index (χ0v) is 12.6. The molecule has 0 aliphatic carbocycles. The number of nitriles is 1. The molecule has 116 valence electrons. The Hall–Kier alpha value is -1.61. The first-order chi connectivity index (χ1) is 10.0. The Morgan fingerprint density at radius 2 is 1.95 bits per heavy atom. The SMILES string of the molecule is CC(C)CC(CO)NCC(O)COc1ccc(C#N)cc1. The summed E-state index contributed by atoms with van der Waals surface area (Å²) >= 11 is 0. The Kier molecular flexibility index (Phi) is 7.76. The first kappa shape index (κ1) is 17.4. The van der Waals surface area contributed by atoms with Crippen LogP contribution in [-0.2, 0) is 0 Å². The zero-order valence-electron chi connectivity index (χ0n) is 12.6. The largest absolute Gasteiger partial charge is 0.491 e. The summed E-state index contributed by atoms with van der Waals surface area (Å²) in [5.74, 6) is 1.11. The van der Waals surface area contributed by atoms with E-state index >= 15 is 0 Å². The van der Waals surface area contributed by atoms with E-state index in [4.69, 9.17) is 10.00 Å². The molecule has 0 heterocycles.